The first-order valence-electron chi connectivity index (χ1n) is 10.8. The molecule has 1 aliphatic rings. The fourth-order valence-corrected chi connectivity index (χ4v) is 4.11. The first kappa shape index (κ1) is 20.2. The van der Waals surface area contributed by atoms with E-state index >= 15 is 0 Å². The number of hydrogen-bond donors (Lipinski definition) is 2. The first-order chi connectivity index (χ1) is 14.7. The summed E-state index contributed by atoms with van der Waals surface area (Å²) in [5, 5.41) is 15.1. The van der Waals surface area contributed by atoms with E-state index in [4.69, 9.17) is 0 Å². The van der Waals surface area contributed by atoms with Gasteiger partial charge in [0.1, 0.15) is 0 Å². The van der Waals surface area contributed by atoms with Gasteiger partial charge in [0, 0.05) is 38.6 Å². The molecule has 0 spiro atoms. The van der Waals surface area contributed by atoms with Gasteiger partial charge in [0.15, 0.2) is 17.4 Å². The van der Waals surface area contributed by atoms with Crippen molar-refractivity contribution in [2.24, 2.45) is 4.99 Å². The summed E-state index contributed by atoms with van der Waals surface area (Å²) in [4.78, 5) is 6.76. The Kier molecular flexibility index (Phi) is 6.47. The van der Waals surface area contributed by atoms with Gasteiger partial charge >= 0.3 is 0 Å². The molecule has 0 amide bonds. The van der Waals surface area contributed by atoms with Crippen LogP contribution in [0.1, 0.15) is 43.5 Å². The highest BCUT2D eigenvalue weighted by Gasteiger charge is 2.18. The van der Waals surface area contributed by atoms with E-state index < -0.39 is 0 Å². The molecule has 3 aromatic rings. The van der Waals surface area contributed by atoms with E-state index in [1.165, 1.54) is 43.4 Å². The number of fused-ring (bicyclic) bond motifs is 1. The number of benzene rings is 1. The molecular weight excluding hydrogens is 374 g/mol. The van der Waals surface area contributed by atoms with Gasteiger partial charge in [-0.2, -0.15) is 0 Å². The van der Waals surface area contributed by atoms with Crippen LogP contribution in [0.3, 0.4) is 0 Å². The third kappa shape index (κ3) is 4.72. The Morgan fingerprint density at radius 1 is 1.03 bits per heavy atom. The van der Waals surface area contributed by atoms with Crippen molar-refractivity contribution < 1.29 is 0 Å². The number of nitrogens with zero attached hydrogens (tertiary/aromatic N) is 5. The summed E-state index contributed by atoms with van der Waals surface area (Å²) in [5.74, 6) is 1.59. The number of aliphatic imine (C=N–C) groups is 1. The summed E-state index contributed by atoms with van der Waals surface area (Å²) >= 11 is 0. The van der Waals surface area contributed by atoms with Gasteiger partial charge in [0.05, 0.1) is 6.54 Å². The third-order valence-electron chi connectivity index (χ3n) is 5.95. The Hall–Kier alpha value is -3.09. The molecule has 1 fully saturated rings. The van der Waals surface area contributed by atoms with Crippen molar-refractivity contribution in [1.82, 2.24) is 25.2 Å². The van der Waals surface area contributed by atoms with Gasteiger partial charge in [-0.05, 0) is 42.7 Å². The van der Waals surface area contributed by atoms with E-state index in [-0.39, 0.29) is 0 Å². The lowest BCUT2D eigenvalue weighted by atomic mass is 9.94. The highest BCUT2D eigenvalue weighted by molar-refractivity contribution is 5.79. The van der Waals surface area contributed by atoms with Crippen molar-refractivity contribution >= 4 is 17.3 Å². The molecule has 4 rings (SSSR count). The third-order valence-corrected chi connectivity index (χ3v) is 5.95. The number of hydrogen-bond acceptors (Lipinski definition) is 4. The fraction of sp³-hybridized carbons (Fsp3) is 0.435. The lowest BCUT2D eigenvalue weighted by Gasteiger charge is -2.33. The van der Waals surface area contributed by atoms with E-state index in [2.05, 4.69) is 62.0 Å². The van der Waals surface area contributed by atoms with Gasteiger partial charge in [0.25, 0.3) is 0 Å². The van der Waals surface area contributed by atoms with E-state index in [1.54, 1.807) is 7.05 Å². The number of rotatable bonds is 6. The average Bonchev–Trinajstić information content (AvgIpc) is 3.23. The topological polar surface area (TPSA) is 69.8 Å². The van der Waals surface area contributed by atoms with Crippen LogP contribution in [0.4, 0.5) is 5.69 Å². The summed E-state index contributed by atoms with van der Waals surface area (Å²) < 4.78 is 1.97. The number of guanidine groups is 1. The summed E-state index contributed by atoms with van der Waals surface area (Å²) in [6.07, 6.45) is 8.68. The van der Waals surface area contributed by atoms with Crippen LogP contribution in [0.5, 0.6) is 0 Å². The largest absolute Gasteiger partial charge is 0.372 e. The molecule has 7 heteroatoms. The molecule has 1 aliphatic carbocycles. The van der Waals surface area contributed by atoms with Gasteiger partial charge < -0.3 is 15.5 Å². The van der Waals surface area contributed by atoms with Crippen LogP contribution >= 0.6 is 0 Å². The van der Waals surface area contributed by atoms with E-state index in [9.17, 15) is 0 Å². The van der Waals surface area contributed by atoms with Crippen LogP contribution in [0, 0.1) is 0 Å². The Morgan fingerprint density at radius 3 is 2.57 bits per heavy atom. The van der Waals surface area contributed by atoms with E-state index in [0.29, 0.717) is 19.1 Å². The number of aromatic nitrogens is 3. The zero-order valence-electron chi connectivity index (χ0n) is 17.9. The predicted molar refractivity (Wildman–Crippen MR) is 122 cm³/mol. The Morgan fingerprint density at radius 2 is 1.80 bits per heavy atom. The maximum atomic E-state index is 4.32. The molecule has 1 aromatic carbocycles. The maximum absolute atomic E-state index is 4.32. The van der Waals surface area contributed by atoms with Crippen molar-refractivity contribution in [1.29, 1.82) is 0 Å². The average molecular weight is 406 g/mol. The Bertz CT molecular complexity index is 971. The lowest BCUT2D eigenvalue weighted by Crippen LogP contribution is -2.36. The monoisotopic (exact) mass is 405 g/mol. The minimum atomic E-state index is 0.552. The smallest absolute Gasteiger partial charge is 0.191 e. The van der Waals surface area contributed by atoms with Gasteiger partial charge in [-0.15, -0.1) is 10.2 Å². The lowest BCUT2D eigenvalue weighted by molar-refractivity contribution is 0.427. The second-order valence-electron chi connectivity index (χ2n) is 7.89. The molecule has 0 bridgehead atoms. The summed E-state index contributed by atoms with van der Waals surface area (Å²) in [6.45, 7) is 1.27. The summed E-state index contributed by atoms with van der Waals surface area (Å²) in [5.41, 5.74) is 3.37. The SMILES string of the molecule is CN=C(NCc1ccc(N(C)C2CCCCC2)cc1)NCc1nnc2ccccn12. The van der Waals surface area contributed by atoms with Crippen LogP contribution in [-0.4, -0.2) is 40.7 Å². The molecule has 0 saturated heterocycles. The van der Waals surface area contributed by atoms with Crippen molar-refractivity contribution in [3.05, 3.63) is 60.0 Å². The zero-order valence-corrected chi connectivity index (χ0v) is 17.9. The minimum Gasteiger partial charge on any atom is -0.372 e. The van der Waals surface area contributed by atoms with Crippen molar-refractivity contribution in [2.75, 3.05) is 19.0 Å². The predicted octanol–water partition coefficient (Wildman–Crippen LogP) is 3.36. The fourth-order valence-electron chi connectivity index (χ4n) is 4.11. The van der Waals surface area contributed by atoms with Gasteiger partial charge in [-0.25, -0.2) is 0 Å². The molecule has 1 saturated carbocycles. The molecule has 0 unspecified atom stereocenters. The standard InChI is InChI=1S/C23H31N7/c1-24-23(26-17-22-28-27-21-10-6-7-15-30(21)22)25-16-18-11-13-20(14-12-18)29(2)19-8-4-3-5-9-19/h6-7,10-15,19H,3-5,8-9,16-17H2,1-2H3,(H2,24,25,26). The maximum Gasteiger partial charge on any atom is 0.191 e. The Balaban J connectivity index is 1.29. The van der Waals surface area contributed by atoms with Crippen LogP contribution in [0.15, 0.2) is 53.7 Å². The molecule has 0 aliphatic heterocycles. The van der Waals surface area contributed by atoms with Crippen LogP contribution in [0.2, 0.25) is 0 Å². The van der Waals surface area contributed by atoms with Gasteiger partial charge in [0.2, 0.25) is 0 Å². The number of nitrogens with one attached hydrogen (secondary N) is 2. The van der Waals surface area contributed by atoms with Crippen LogP contribution in [-0.2, 0) is 13.1 Å². The quantitative estimate of drug-likeness (QED) is 0.486. The van der Waals surface area contributed by atoms with Gasteiger partial charge in [-0.1, -0.05) is 37.5 Å². The van der Waals surface area contributed by atoms with Crippen molar-refractivity contribution in [3.63, 3.8) is 0 Å². The molecule has 0 radical (unpaired) electrons. The molecule has 0 atom stereocenters. The Labute approximate surface area is 178 Å². The molecule has 2 N–H and O–H groups in total. The zero-order chi connectivity index (χ0) is 20.8. The number of anilines is 1. The van der Waals surface area contributed by atoms with Crippen LogP contribution < -0.4 is 15.5 Å². The second-order valence-corrected chi connectivity index (χ2v) is 7.89. The molecular formula is C23H31N7. The molecule has 2 aromatic heterocycles. The van der Waals surface area contributed by atoms with Crippen molar-refractivity contribution in [2.45, 2.75) is 51.2 Å². The second kappa shape index (κ2) is 9.61. The van der Waals surface area contributed by atoms with Crippen LogP contribution in [0.25, 0.3) is 5.65 Å². The van der Waals surface area contributed by atoms with E-state index in [1.807, 2.05) is 28.8 Å². The molecule has 30 heavy (non-hydrogen) atoms. The highest BCUT2D eigenvalue weighted by atomic mass is 15.3. The molecule has 2 heterocycles. The summed E-state index contributed by atoms with van der Waals surface area (Å²) in [6, 6.07) is 15.4. The van der Waals surface area contributed by atoms with E-state index in [0.717, 1.165) is 17.4 Å². The molecule has 7 nitrogen and oxygen atoms in total. The molecule has 158 valence electrons. The number of pyridine rings is 1. The first-order valence-corrected chi connectivity index (χ1v) is 10.8. The van der Waals surface area contributed by atoms with Crippen molar-refractivity contribution in [3.8, 4) is 0 Å². The minimum absolute atomic E-state index is 0.552. The summed E-state index contributed by atoms with van der Waals surface area (Å²) in [7, 11) is 4.00. The normalized spacial score (nSPS) is 15.3. The van der Waals surface area contributed by atoms with Gasteiger partial charge in [-0.3, -0.25) is 9.39 Å². The highest BCUT2D eigenvalue weighted by Crippen LogP contribution is 2.26.